The first kappa shape index (κ1) is 12.0. The molecule has 5 aliphatic rings. The summed E-state index contributed by atoms with van der Waals surface area (Å²) in [5.74, 6) is 5.35. The summed E-state index contributed by atoms with van der Waals surface area (Å²) >= 11 is 0. The Hall–Kier alpha value is -0.790. The molecule has 6 bridgehead atoms. The zero-order valence-corrected chi connectivity index (χ0v) is 12.0. The average Bonchev–Trinajstić information content (AvgIpc) is 2.74. The molecule has 5 fully saturated rings. The van der Waals surface area contributed by atoms with E-state index in [2.05, 4.69) is 13.5 Å². The van der Waals surface area contributed by atoms with Crippen LogP contribution in [0.25, 0.3) is 0 Å². The Labute approximate surface area is 115 Å². The van der Waals surface area contributed by atoms with Gasteiger partial charge in [0.05, 0.1) is 6.61 Å². The maximum absolute atomic E-state index is 11.7. The van der Waals surface area contributed by atoms with E-state index in [4.69, 9.17) is 4.74 Å². The van der Waals surface area contributed by atoms with Crippen molar-refractivity contribution in [2.45, 2.75) is 39.5 Å². The monoisotopic (exact) mass is 260 g/mol. The molecule has 5 rings (SSSR count). The lowest BCUT2D eigenvalue weighted by Gasteiger charge is -2.50. The normalized spacial score (nSPS) is 52.7. The number of esters is 1. The molecule has 0 radical (unpaired) electrons. The van der Waals surface area contributed by atoms with Crippen molar-refractivity contribution < 1.29 is 9.53 Å². The van der Waals surface area contributed by atoms with E-state index in [9.17, 15) is 4.79 Å². The highest BCUT2D eigenvalue weighted by Crippen LogP contribution is 2.74. The molecule has 5 aliphatic carbocycles. The Kier molecular flexibility index (Phi) is 2.30. The topological polar surface area (TPSA) is 26.3 Å². The van der Waals surface area contributed by atoms with Crippen LogP contribution in [-0.2, 0) is 9.53 Å². The van der Waals surface area contributed by atoms with Crippen molar-refractivity contribution in [3.8, 4) is 0 Å². The molecule has 7 atom stereocenters. The second-order valence-corrected chi connectivity index (χ2v) is 7.89. The van der Waals surface area contributed by atoms with Crippen LogP contribution < -0.4 is 0 Å². The number of rotatable bonds is 3. The van der Waals surface area contributed by atoms with Gasteiger partial charge in [-0.25, -0.2) is 4.79 Å². The number of hydrogen-bond donors (Lipinski definition) is 0. The molecular weight excluding hydrogens is 236 g/mol. The molecule has 104 valence electrons. The van der Waals surface area contributed by atoms with Crippen molar-refractivity contribution in [2.24, 2.45) is 40.9 Å². The van der Waals surface area contributed by atoms with Crippen LogP contribution in [0, 0.1) is 40.9 Å². The number of carbonyl (C=O) groups excluding carboxylic acids is 1. The van der Waals surface area contributed by atoms with Crippen molar-refractivity contribution in [2.75, 3.05) is 6.61 Å². The van der Waals surface area contributed by atoms with E-state index in [1.54, 1.807) is 6.92 Å². The van der Waals surface area contributed by atoms with Crippen LogP contribution in [-0.4, -0.2) is 12.6 Å². The quantitative estimate of drug-likeness (QED) is 0.574. The molecule has 0 aromatic carbocycles. The molecule has 7 unspecified atom stereocenters. The first-order valence-corrected chi connectivity index (χ1v) is 7.83. The number of carbonyl (C=O) groups is 1. The van der Waals surface area contributed by atoms with Gasteiger partial charge < -0.3 is 4.74 Å². The fraction of sp³-hybridized carbons (Fsp3) is 0.824. The van der Waals surface area contributed by atoms with Crippen molar-refractivity contribution in [3.63, 3.8) is 0 Å². The third-order valence-electron chi connectivity index (χ3n) is 6.96. The van der Waals surface area contributed by atoms with E-state index in [1.165, 1.54) is 25.7 Å². The van der Waals surface area contributed by atoms with Gasteiger partial charge in [0.2, 0.25) is 0 Å². The second-order valence-electron chi connectivity index (χ2n) is 7.89. The van der Waals surface area contributed by atoms with Crippen LogP contribution in [0.4, 0.5) is 0 Å². The summed E-state index contributed by atoms with van der Waals surface area (Å²) in [5, 5.41) is 0. The summed E-state index contributed by atoms with van der Waals surface area (Å²) in [7, 11) is 0. The minimum absolute atomic E-state index is 0.205. The summed E-state index contributed by atoms with van der Waals surface area (Å²) in [6.45, 7) is 8.44. The van der Waals surface area contributed by atoms with Gasteiger partial charge in [-0.2, -0.15) is 0 Å². The SMILES string of the molecule is C=C(C)C(=O)OCC1(C)C2CC3CC4CC2C3C1C4. The highest BCUT2D eigenvalue weighted by atomic mass is 16.5. The van der Waals surface area contributed by atoms with Crippen LogP contribution in [0.15, 0.2) is 12.2 Å². The van der Waals surface area contributed by atoms with Crippen LogP contribution in [0.2, 0.25) is 0 Å². The van der Waals surface area contributed by atoms with Gasteiger partial charge >= 0.3 is 5.97 Å². The summed E-state index contributed by atoms with van der Waals surface area (Å²) < 4.78 is 5.56. The summed E-state index contributed by atoms with van der Waals surface area (Å²) in [4.78, 5) is 11.7. The van der Waals surface area contributed by atoms with Gasteiger partial charge in [-0.1, -0.05) is 13.5 Å². The van der Waals surface area contributed by atoms with Crippen molar-refractivity contribution >= 4 is 5.97 Å². The highest BCUT2D eigenvalue weighted by molar-refractivity contribution is 5.86. The molecule has 0 heterocycles. The molecule has 19 heavy (non-hydrogen) atoms. The van der Waals surface area contributed by atoms with Gasteiger partial charge in [-0.3, -0.25) is 0 Å². The van der Waals surface area contributed by atoms with Gasteiger partial charge in [-0.15, -0.1) is 0 Å². The lowest BCUT2D eigenvalue weighted by atomic mass is 9.55. The maximum Gasteiger partial charge on any atom is 0.333 e. The van der Waals surface area contributed by atoms with Crippen LogP contribution in [0.1, 0.15) is 39.5 Å². The van der Waals surface area contributed by atoms with Crippen LogP contribution in [0.5, 0.6) is 0 Å². The Morgan fingerprint density at radius 3 is 2.74 bits per heavy atom. The zero-order chi connectivity index (χ0) is 13.4. The first-order valence-electron chi connectivity index (χ1n) is 7.83. The predicted molar refractivity (Wildman–Crippen MR) is 73.3 cm³/mol. The van der Waals surface area contributed by atoms with E-state index in [1.807, 2.05) is 0 Å². The molecule has 2 nitrogen and oxygen atoms in total. The predicted octanol–water partition coefficient (Wildman–Crippen LogP) is 3.42. The fourth-order valence-electron chi connectivity index (χ4n) is 6.40. The third-order valence-corrected chi connectivity index (χ3v) is 6.96. The van der Waals surface area contributed by atoms with Gasteiger partial charge in [0.15, 0.2) is 0 Å². The Morgan fingerprint density at radius 1 is 1.26 bits per heavy atom. The lowest BCUT2D eigenvalue weighted by molar-refractivity contribution is -0.146. The van der Waals surface area contributed by atoms with Gasteiger partial charge in [0.1, 0.15) is 0 Å². The standard InChI is InChI=1S/C17H24O2/c1-9(2)16(18)19-8-17(3)13-7-11-4-10-5-12(13)15(11)14(17)6-10/h10-15H,1,4-8H2,2-3H3. The largest absolute Gasteiger partial charge is 0.462 e. The molecule has 0 aliphatic heterocycles. The van der Waals surface area contributed by atoms with E-state index >= 15 is 0 Å². The summed E-state index contributed by atoms with van der Waals surface area (Å²) in [5.41, 5.74) is 0.782. The molecule has 0 spiro atoms. The number of ether oxygens (including phenoxy) is 1. The van der Waals surface area contributed by atoms with E-state index in [-0.39, 0.29) is 11.4 Å². The van der Waals surface area contributed by atoms with Crippen molar-refractivity contribution in [1.82, 2.24) is 0 Å². The van der Waals surface area contributed by atoms with Crippen LogP contribution in [0.3, 0.4) is 0 Å². The molecule has 2 heteroatoms. The third kappa shape index (κ3) is 1.41. The highest BCUT2D eigenvalue weighted by Gasteiger charge is 2.69. The lowest BCUT2D eigenvalue weighted by Crippen LogP contribution is -2.45. The minimum atomic E-state index is -0.205. The van der Waals surface area contributed by atoms with E-state index in [0.29, 0.717) is 12.2 Å². The molecule has 0 N–H and O–H groups in total. The van der Waals surface area contributed by atoms with Crippen molar-refractivity contribution in [1.29, 1.82) is 0 Å². The smallest absolute Gasteiger partial charge is 0.333 e. The molecule has 5 saturated carbocycles. The number of hydrogen-bond acceptors (Lipinski definition) is 2. The van der Waals surface area contributed by atoms with Gasteiger partial charge in [-0.05, 0) is 68.1 Å². The molecular formula is C17H24O2. The maximum atomic E-state index is 11.7. The zero-order valence-electron chi connectivity index (χ0n) is 12.0. The molecule has 0 saturated heterocycles. The Balaban J connectivity index is 1.56. The van der Waals surface area contributed by atoms with Crippen molar-refractivity contribution in [3.05, 3.63) is 12.2 Å². The Morgan fingerprint density at radius 2 is 2.05 bits per heavy atom. The van der Waals surface area contributed by atoms with Gasteiger partial charge in [0, 0.05) is 11.0 Å². The van der Waals surface area contributed by atoms with Crippen LogP contribution >= 0.6 is 0 Å². The first-order chi connectivity index (χ1) is 9.00. The Bertz CT molecular complexity index is 448. The molecule has 0 aromatic rings. The second kappa shape index (κ2) is 3.65. The average molecular weight is 260 g/mol. The summed E-state index contributed by atoms with van der Waals surface area (Å²) in [6, 6.07) is 0. The van der Waals surface area contributed by atoms with E-state index < -0.39 is 0 Å². The fourth-order valence-corrected chi connectivity index (χ4v) is 6.40. The molecule has 0 aromatic heterocycles. The van der Waals surface area contributed by atoms with Gasteiger partial charge in [0.25, 0.3) is 0 Å². The van der Waals surface area contributed by atoms with E-state index in [0.717, 1.165) is 35.5 Å². The molecule has 0 amide bonds. The minimum Gasteiger partial charge on any atom is -0.462 e. The summed E-state index contributed by atoms with van der Waals surface area (Å²) in [6.07, 6.45) is 5.76.